The van der Waals surface area contributed by atoms with E-state index in [1.54, 1.807) is 0 Å². The van der Waals surface area contributed by atoms with Crippen LogP contribution in [0.1, 0.15) is 38.9 Å². The summed E-state index contributed by atoms with van der Waals surface area (Å²) < 4.78 is 1.08. The average molecular weight is 678 g/mol. The molecule has 4 rings (SSSR count). The lowest BCUT2D eigenvalue weighted by Gasteiger charge is -2.37. The highest BCUT2D eigenvalue weighted by molar-refractivity contribution is 9.10. The van der Waals surface area contributed by atoms with E-state index in [1.807, 2.05) is 0 Å². The van der Waals surface area contributed by atoms with Gasteiger partial charge in [-0.25, -0.2) is 0 Å². The fourth-order valence-electron chi connectivity index (χ4n) is 4.23. The van der Waals surface area contributed by atoms with E-state index in [-0.39, 0.29) is 0 Å². The zero-order chi connectivity index (χ0) is 22.6. The number of hydrogen-bond donors (Lipinski definition) is 0. The minimum absolute atomic E-state index is 0.429. The molecule has 162 valence electrons. The first-order valence-corrected chi connectivity index (χ1v) is 14.5. The van der Waals surface area contributed by atoms with Gasteiger partial charge in [0.1, 0.15) is 0 Å². The van der Waals surface area contributed by atoms with E-state index in [4.69, 9.17) is 0 Å². The van der Waals surface area contributed by atoms with Crippen molar-refractivity contribution in [2.24, 2.45) is 0 Å². The molecule has 0 fully saturated rings. The Kier molecular flexibility index (Phi) is 8.09. The minimum atomic E-state index is -0.429. The lowest BCUT2D eigenvalue weighted by atomic mass is 9.65. The highest BCUT2D eigenvalue weighted by Gasteiger charge is 2.38. The highest BCUT2D eigenvalue weighted by Crippen LogP contribution is 2.45. The number of alkyl halides is 3. The second kappa shape index (κ2) is 10.8. The van der Waals surface area contributed by atoms with Gasteiger partial charge in [0.2, 0.25) is 0 Å². The molecule has 0 unspecified atom stereocenters. The number of rotatable bonds is 7. The van der Waals surface area contributed by atoms with E-state index < -0.39 is 5.41 Å². The Morgan fingerprint density at radius 2 is 0.656 bits per heavy atom. The zero-order valence-corrected chi connectivity index (χ0v) is 23.7. The molecule has 0 aliphatic rings. The Bertz CT molecular complexity index is 1030. The molecule has 0 nitrogen and oxygen atoms in total. The summed E-state index contributed by atoms with van der Waals surface area (Å²) in [5.41, 5.74) is 8.37. The summed E-state index contributed by atoms with van der Waals surface area (Å²) in [7, 11) is 0. The first-order valence-electron chi connectivity index (χ1n) is 10.3. The Balaban J connectivity index is 2.06. The molecule has 0 radical (unpaired) electrons. The van der Waals surface area contributed by atoms with E-state index in [0.29, 0.717) is 0 Å². The Hall–Kier alpha value is -1.20. The van der Waals surface area contributed by atoms with Gasteiger partial charge in [0, 0.05) is 20.5 Å². The van der Waals surface area contributed by atoms with Crippen molar-refractivity contribution >= 4 is 63.7 Å². The first-order chi connectivity index (χ1) is 15.6. The molecule has 0 aromatic heterocycles. The molecule has 4 heteroatoms. The van der Waals surface area contributed by atoms with Crippen LogP contribution in [0.5, 0.6) is 0 Å². The Morgan fingerprint density at radius 3 is 0.906 bits per heavy atom. The van der Waals surface area contributed by atoms with Crippen molar-refractivity contribution in [2.75, 3.05) is 0 Å². The summed E-state index contributed by atoms with van der Waals surface area (Å²) in [5.74, 6) is 0. The molecule has 32 heavy (non-hydrogen) atoms. The lowest BCUT2D eigenvalue weighted by molar-refractivity contribution is 0.743. The van der Waals surface area contributed by atoms with Crippen molar-refractivity contribution in [1.82, 2.24) is 0 Å². The molecule has 0 N–H and O–H groups in total. The van der Waals surface area contributed by atoms with Crippen molar-refractivity contribution in [1.29, 1.82) is 0 Å². The molecule has 4 aromatic rings. The largest absolute Gasteiger partial charge is 0.0876 e. The van der Waals surface area contributed by atoms with Crippen LogP contribution in [0.15, 0.2) is 102 Å². The molecule has 4 aromatic carbocycles. The molecule has 0 heterocycles. The van der Waals surface area contributed by atoms with Crippen LogP contribution in [0, 0.1) is 0 Å². The van der Waals surface area contributed by atoms with Crippen LogP contribution in [0.25, 0.3) is 0 Å². The predicted octanol–water partition coefficient (Wildman–Crippen LogP) is 9.52. The molecule has 0 amide bonds. The van der Waals surface area contributed by atoms with Gasteiger partial charge < -0.3 is 0 Å². The normalized spacial score (nSPS) is 11.5. The van der Waals surface area contributed by atoms with Gasteiger partial charge >= 0.3 is 0 Å². The maximum Gasteiger partial charge on any atom is 0.0701 e. The van der Waals surface area contributed by atoms with Gasteiger partial charge in [-0.15, -0.1) is 0 Å². The molecular formula is C28H22Br4. The minimum Gasteiger partial charge on any atom is -0.0876 e. The molecule has 0 atom stereocenters. The topological polar surface area (TPSA) is 0 Å². The van der Waals surface area contributed by atoms with E-state index in [9.17, 15) is 0 Å². The second-order valence-corrected chi connectivity index (χ2v) is 10.3. The molecule has 0 bridgehead atoms. The third-order valence-corrected chi connectivity index (χ3v) is 8.37. The van der Waals surface area contributed by atoms with E-state index in [2.05, 4.69) is 161 Å². The first kappa shape index (κ1) is 23.9. The molecule has 0 aliphatic carbocycles. The van der Waals surface area contributed by atoms with Gasteiger partial charge in [0.05, 0.1) is 5.41 Å². The summed E-state index contributed by atoms with van der Waals surface area (Å²) in [6.07, 6.45) is 0. The smallest absolute Gasteiger partial charge is 0.0701 e. The second-order valence-electron chi connectivity index (χ2n) is 7.75. The molecule has 0 saturated carbocycles. The standard InChI is InChI=1S/C28H22Br4/c29-17-20-1-7-23(8-2-20)28(26-13-15-27(32)16-14-26,24-9-3-21(18-30)4-10-24)25-11-5-22(19-31)6-12-25/h1-16H,17-19H2. The fraction of sp³-hybridized carbons (Fsp3) is 0.143. The Labute approximate surface area is 224 Å². The van der Waals surface area contributed by atoms with Crippen LogP contribution in [-0.2, 0) is 21.4 Å². The average Bonchev–Trinajstić information content (AvgIpc) is 2.86. The predicted molar refractivity (Wildman–Crippen MR) is 150 cm³/mol. The van der Waals surface area contributed by atoms with E-state index >= 15 is 0 Å². The summed E-state index contributed by atoms with van der Waals surface area (Å²) in [6.45, 7) is 0. The molecule has 0 spiro atoms. The number of halogens is 4. The van der Waals surface area contributed by atoms with Gasteiger partial charge in [-0.3, -0.25) is 0 Å². The zero-order valence-electron chi connectivity index (χ0n) is 17.4. The third-order valence-electron chi connectivity index (χ3n) is 5.90. The van der Waals surface area contributed by atoms with Crippen molar-refractivity contribution in [2.45, 2.75) is 21.4 Å². The summed E-state index contributed by atoms with van der Waals surface area (Å²) in [5, 5.41) is 2.54. The SMILES string of the molecule is BrCc1ccc(C(c2ccc(Br)cc2)(c2ccc(CBr)cc2)c2ccc(CBr)cc2)cc1. The maximum atomic E-state index is 3.62. The monoisotopic (exact) mass is 674 g/mol. The summed E-state index contributed by atoms with van der Waals surface area (Å²) in [4.78, 5) is 0. The molecular weight excluding hydrogens is 656 g/mol. The van der Waals surface area contributed by atoms with Crippen LogP contribution in [-0.4, -0.2) is 0 Å². The molecule has 0 aliphatic heterocycles. The third kappa shape index (κ3) is 4.70. The summed E-state index contributed by atoms with van der Waals surface area (Å²) >= 11 is 14.4. The van der Waals surface area contributed by atoms with Gasteiger partial charge in [0.25, 0.3) is 0 Å². The van der Waals surface area contributed by atoms with Gasteiger partial charge in [-0.1, -0.05) is 149 Å². The lowest BCUT2D eigenvalue weighted by Crippen LogP contribution is -2.31. The van der Waals surface area contributed by atoms with Crippen molar-refractivity contribution in [3.8, 4) is 0 Å². The van der Waals surface area contributed by atoms with Crippen LogP contribution in [0.4, 0.5) is 0 Å². The van der Waals surface area contributed by atoms with Crippen molar-refractivity contribution in [3.05, 3.63) is 140 Å². The quantitative estimate of drug-likeness (QED) is 0.135. The number of benzene rings is 4. The van der Waals surface area contributed by atoms with Gasteiger partial charge in [-0.05, 0) is 51.1 Å². The molecule has 0 saturated heterocycles. The van der Waals surface area contributed by atoms with Crippen molar-refractivity contribution < 1.29 is 0 Å². The van der Waals surface area contributed by atoms with Crippen LogP contribution >= 0.6 is 63.7 Å². The Morgan fingerprint density at radius 1 is 0.406 bits per heavy atom. The highest BCUT2D eigenvalue weighted by atomic mass is 79.9. The van der Waals surface area contributed by atoms with Crippen LogP contribution < -0.4 is 0 Å². The number of hydrogen-bond acceptors (Lipinski definition) is 0. The van der Waals surface area contributed by atoms with Gasteiger partial charge in [0.15, 0.2) is 0 Å². The van der Waals surface area contributed by atoms with E-state index in [1.165, 1.54) is 38.9 Å². The van der Waals surface area contributed by atoms with E-state index in [0.717, 1.165) is 20.5 Å². The summed E-state index contributed by atoms with van der Waals surface area (Å²) in [6, 6.07) is 35.7. The maximum absolute atomic E-state index is 3.62. The van der Waals surface area contributed by atoms with Crippen molar-refractivity contribution in [3.63, 3.8) is 0 Å². The fourth-order valence-corrected chi connectivity index (χ4v) is 5.62. The van der Waals surface area contributed by atoms with Crippen LogP contribution in [0.2, 0.25) is 0 Å². The van der Waals surface area contributed by atoms with Gasteiger partial charge in [-0.2, -0.15) is 0 Å². The van der Waals surface area contributed by atoms with Crippen LogP contribution in [0.3, 0.4) is 0 Å².